The lowest BCUT2D eigenvalue weighted by atomic mass is 9.95. The van der Waals surface area contributed by atoms with Gasteiger partial charge in [-0.05, 0) is 54.4 Å². The van der Waals surface area contributed by atoms with Gasteiger partial charge in [-0.25, -0.2) is 8.78 Å². The molecule has 106 valence electrons. The third kappa shape index (κ3) is 3.25. The molecule has 20 heavy (non-hydrogen) atoms. The van der Waals surface area contributed by atoms with Crippen LogP contribution < -0.4 is 5.32 Å². The minimum absolute atomic E-state index is 0.101. The Bertz CT molecular complexity index is 562. The molecular formula is C16H16BrF2N. The van der Waals surface area contributed by atoms with Crippen molar-refractivity contribution in [2.75, 3.05) is 6.54 Å². The molecule has 0 aromatic heterocycles. The van der Waals surface area contributed by atoms with E-state index in [0.717, 1.165) is 23.2 Å². The van der Waals surface area contributed by atoms with E-state index >= 15 is 0 Å². The number of benzene rings is 2. The molecule has 1 nitrogen and oxygen atoms in total. The first kappa shape index (κ1) is 15.1. The molecule has 0 aliphatic carbocycles. The van der Waals surface area contributed by atoms with Crippen LogP contribution >= 0.6 is 15.9 Å². The highest BCUT2D eigenvalue weighted by molar-refractivity contribution is 9.10. The Hall–Kier alpha value is -1.26. The number of halogens is 3. The van der Waals surface area contributed by atoms with Gasteiger partial charge in [0.15, 0.2) is 0 Å². The first-order chi connectivity index (χ1) is 9.52. The van der Waals surface area contributed by atoms with Gasteiger partial charge >= 0.3 is 0 Å². The molecule has 0 amide bonds. The van der Waals surface area contributed by atoms with Crippen molar-refractivity contribution in [1.82, 2.24) is 5.32 Å². The molecule has 0 spiro atoms. The predicted molar refractivity (Wildman–Crippen MR) is 80.8 cm³/mol. The number of nitrogens with one attached hydrogen (secondary N) is 1. The Kier molecular flexibility index (Phi) is 4.89. The van der Waals surface area contributed by atoms with Crippen molar-refractivity contribution < 1.29 is 8.78 Å². The zero-order valence-corrected chi connectivity index (χ0v) is 13.0. The van der Waals surface area contributed by atoms with Crippen LogP contribution in [0.15, 0.2) is 40.9 Å². The molecule has 1 N–H and O–H groups in total. The smallest absolute Gasteiger partial charge is 0.124 e. The summed E-state index contributed by atoms with van der Waals surface area (Å²) in [5, 5.41) is 3.36. The van der Waals surface area contributed by atoms with E-state index in [4.69, 9.17) is 0 Å². The fraction of sp³-hybridized carbons (Fsp3) is 0.250. The molecule has 1 unspecified atom stereocenters. The Balaban J connectivity index is 2.50. The lowest BCUT2D eigenvalue weighted by Gasteiger charge is -2.22. The molecule has 0 radical (unpaired) electrons. The minimum atomic E-state index is -0.285. The summed E-state index contributed by atoms with van der Waals surface area (Å²) in [4.78, 5) is 0. The van der Waals surface area contributed by atoms with E-state index in [9.17, 15) is 8.78 Å². The second kappa shape index (κ2) is 6.46. The molecule has 0 aliphatic heterocycles. The largest absolute Gasteiger partial charge is 0.306 e. The van der Waals surface area contributed by atoms with Crippen LogP contribution in [0.2, 0.25) is 0 Å². The van der Waals surface area contributed by atoms with Crippen LogP contribution in [0.1, 0.15) is 29.7 Å². The molecule has 0 saturated carbocycles. The van der Waals surface area contributed by atoms with E-state index in [0.29, 0.717) is 4.47 Å². The molecule has 0 bridgehead atoms. The lowest BCUT2D eigenvalue weighted by molar-refractivity contribution is 0.602. The van der Waals surface area contributed by atoms with E-state index in [1.54, 1.807) is 12.1 Å². The van der Waals surface area contributed by atoms with Crippen LogP contribution in [-0.2, 0) is 0 Å². The van der Waals surface area contributed by atoms with Gasteiger partial charge in [-0.3, -0.25) is 0 Å². The van der Waals surface area contributed by atoms with Crippen molar-refractivity contribution in [1.29, 1.82) is 0 Å². The van der Waals surface area contributed by atoms with Gasteiger partial charge in [-0.1, -0.05) is 35.0 Å². The second-order valence-corrected chi connectivity index (χ2v) is 5.51. The summed E-state index contributed by atoms with van der Waals surface area (Å²) in [6, 6.07) is 9.25. The van der Waals surface area contributed by atoms with E-state index in [-0.39, 0.29) is 17.7 Å². The summed E-state index contributed by atoms with van der Waals surface area (Å²) in [6.45, 7) is 4.63. The van der Waals surface area contributed by atoms with Gasteiger partial charge in [0.1, 0.15) is 11.6 Å². The van der Waals surface area contributed by atoms with Crippen LogP contribution in [0.3, 0.4) is 0 Å². The molecule has 1 atom stereocenters. The third-order valence-corrected chi connectivity index (χ3v) is 3.91. The molecule has 2 aromatic rings. The summed E-state index contributed by atoms with van der Waals surface area (Å²) in [6.07, 6.45) is 0. The Morgan fingerprint density at radius 3 is 2.20 bits per heavy atom. The fourth-order valence-electron chi connectivity index (χ4n) is 2.29. The van der Waals surface area contributed by atoms with Gasteiger partial charge in [-0.2, -0.15) is 0 Å². The topological polar surface area (TPSA) is 12.0 Å². The summed E-state index contributed by atoms with van der Waals surface area (Å²) in [5.74, 6) is -0.536. The predicted octanol–water partition coefficient (Wildman–Crippen LogP) is 4.73. The highest BCUT2D eigenvalue weighted by Crippen LogP contribution is 2.31. The molecule has 0 heterocycles. The van der Waals surface area contributed by atoms with E-state index in [1.165, 1.54) is 24.3 Å². The van der Waals surface area contributed by atoms with Gasteiger partial charge in [0, 0.05) is 4.47 Å². The Labute approximate surface area is 126 Å². The molecule has 0 fully saturated rings. The summed E-state index contributed by atoms with van der Waals surface area (Å²) >= 11 is 3.40. The summed E-state index contributed by atoms with van der Waals surface area (Å²) in [7, 11) is 0. The summed E-state index contributed by atoms with van der Waals surface area (Å²) < 4.78 is 27.2. The van der Waals surface area contributed by atoms with Gasteiger partial charge in [0.2, 0.25) is 0 Å². The first-order valence-electron chi connectivity index (χ1n) is 6.47. The zero-order valence-electron chi connectivity index (χ0n) is 11.4. The number of aryl methyl sites for hydroxylation is 1. The third-order valence-electron chi connectivity index (χ3n) is 3.22. The SMILES string of the molecule is CCNC(c1ccc(F)cc1C)c1ccc(F)cc1Br. The van der Waals surface area contributed by atoms with Crippen molar-refractivity contribution in [3.63, 3.8) is 0 Å². The van der Waals surface area contributed by atoms with Crippen molar-refractivity contribution in [2.24, 2.45) is 0 Å². The maximum atomic E-state index is 13.3. The van der Waals surface area contributed by atoms with Gasteiger partial charge in [0.25, 0.3) is 0 Å². The Morgan fingerprint density at radius 2 is 1.65 bits per heavy atom. The number of hydrogen-bond donors (Lipinski definition) is 1. The monoisotopic (exact) mass is 339 g/mol. The van der Waals surface area contributed by atoms with Crippen molar-refractivity contribution in [2.45, 2.75) is 19.9 Å². The van der Waals surface area contributed by atoms with Crippen LogP contribution in [0, 0.1) is 18.6 Å². The van der Waals surface area contributed by atoms with Crippen molar-refractivity contribution >= 4 is 15.9 Å². The summed E-state index contributed by atoms with van der Waals surface area (Å²) in [5.41, 5.74) is 2.79. The van der Waals surface area contributed by atoms with Crippen LogP contribution in [0.25, 0.3) is 0 Å². The first-order valence-corrected chi connectivity index (χ1v) is 7.26. The molecule has 4 heteroatoms. The fourth-order valence-corrected chi connectivity index (χ4v) is 2.87. The highest BCUT2D eigenvalue weighted by Gasteiger charge is 2.18. The van der Waals surface area contributed by atoms with Crippen molar-refractivity contribution in [3.8, 4) is 0 Å². The molecular weight excluding hydrogens is 324 g/mol. The van der Waals surface area contributed by atoms with Gasteiger partial charge in [-0.15, -0.1) is 0 Å². The molecule has 2 aromatic carbocycles. The molecule has 2 rings (SSSR count). The maximum Gasteiger partial charge on any atom is 0.124 e. The van der Waals surface area contributed by atoms with Crippen LogP contribution in [-0.4, -0.2) is 6.54 Å². The average Bonchev–Trinajstić information content (AvgIpc) is 2.37. The standard InChI is InChI=1S/C16H16BrF2N/c1-3-20-16(13-6-4-11(18)8-10(13)2)14-7-5-12(19)9-15(14)17/h4-9,16,20H,3H2,1-2H3. The van der Waals surface area contributed by atoms with E-state index in [2.05, 4.69) is 21.2 Å². The second-order valence-electron chi connectivity index (χ2n) is 4.66. The van der Waals surface area contributed by atoms with Crippen molar-refractivity contribution in [3.05, 3.63) is 69.2 Å². The van der Waals surface area contributed by atoms with E-state index in [1.807, 2.05) is 13.8 Å². The quantitative estimate of drug-likeness (QED) is 0.848. The normalized spacial score (nSPS) is 12.4. The van der Waals surface area contributed by atoms with Gasteiger partial charge < -0.3 is 5.32 Å². The van der Waals surface area contributed by atoms with Crippen LogP contribution in [0.5, 0.6) is 0 Å². The average molecular weight is 340 g/mol. The molecule has 0 saturated heterocycles. The van der Waals surface area contributed by atoms with Crippen LogP contribution in [0.4, 0.5) is 8.78 Å². The number of rotatable bonds is 4. The van der Waals surface area contributed by atoms with Gasteiger partial charge in [0.05, 0.1) is 6.04 Å². The Morgan fingerprint density at radius 1 is 1.05 bits per heavy atom. The lowest BCUT2D eigenvalue weighted by Crippen LogP contribution is -2.23. The maximum absolute atomic E-state index is 13.3. The minimum Gasteiger partial charge on any atom is -0.306 e. The molecule has 0 aliphatic rings. The number of hydrogen-bond acceptors (Lipinski definition) is 1. The van der Waals surface area contributed by atoms with E-state index < -0.39 is 0 Å². The highest BCUT2D eigenvalue weighted by atomic mass is 79.9. The zero-order chi connectivity index (χ0) is 14.7.